The molecule has 2 aromatic heterocycles. The molecule has 114 valence electrons. The van der Waals surface area contributed by atoms with Crippen molar-refractivity contribution < 1.29 is 0 Å². The number of hydrogen-bond acceptors (Lipinski definition) is 4. The van der Waals surface area contributed by atoms with Crippen molar-refractivity contribution in [1.29, 1.82) is 0 Å². The Bertz CT molecular complexity index is 604. The number of likely N-dealkylation sites (N-methyl/N-ethyl adjacent to an activating group) is 1. The van der Waals surface area contributed by atoms with Crippen molar-refractivity contribution in [2.24, 2.45) is 5.92 Å². The fourth-order valence-electron chi connectivity index (χ4n) is 2.55. The van der Waals surface area contributed by atoms with Gasteiger partial charge in [0.15, 0.2) is 10.6 Å². The number of nitrogens with zero attached hydrogens (tertiary/aromatic N) is 4. The quantitative estimate of drug-likeness (QED) is 0.833. The van der Waals surface area contributed by atoms with E-state index in [9.17, 15) is 0 Å². The Labute approximate surface area is 131 Å². The second-order valence-corrected chi connectivity index (χ2v) is 6.37. The third-order valence-electron chi connectivity index (χ3n) is 3.28. The fraction of sp³-hybridized carbons (Fsp3) is 0.533. The maximum absolute atomic E-state index is 5.45. The number of pyridine rings is 1. The van der Waals surface area contributed by atoms with Crippen molar-refractivity contribution in [3.05, 3.63) is 29.2 Å². The van der Waals surface area contributed by atoms with E-state index < -0.39 is 0 Å². The molecule has 5 nitrogen and oxygen atoms in total. The first-order valence-corrected chi connectivity index (χ1v) is 7.63. The van der Waals surface area contributed by atoms with Gasteiger partial charge < -0.3 is 4.90 Å². The topological polar surface area (TPSA) is 49.7 Å². The molecule has 2 aromatic rings. The summed E-state index contributed by atoms with van der Waals surface area (Å²) in [5.41, 5.74) is 0.845. The molecule has 1 unspecified atom stereocenters. The average molecular weight is 305 g/mol. The van der Waals surface area contributed by atoms with E-state index in [2.05, 4.69) is 52.6 Å². The summed E-state index contributed by atoms with van der Waals surface area (Å²) in [4.78, 5) is 6.58. The van der Waals surface area contributed by atoms with Crippen LogP contribution in [0.4, 0.5) is 0 Å². The molecule has 0 aliphatic carbocycles. The molecule has 21 heavy (non-hydrogen) atoms. The Morgan fingerprint density at radius 1 is 1.33 bits per heavy atom. The molecule has 0 saturated heterocycles. The predicted octanol–water partition coefficient (Wildman–Crippen LogP) is 3.15. The van der Waals surface area contributed by atoms with Crippen LogP contribution in [-0.4, -0.2) is 45.3 Å². The number of rotatable bonds is 6. The lowest BCUT2D eigenvalue weighted by Gasteiger charge is -2.25. The Morgan fingerprint density at radius 2 is 2.10 bits per heavy atom. The Kier molecular flexibility index (Phi) is 5.25. The minimum absolute atomic E-state index is 0.281. The van der Waals surface area contributed by atoms with Gasteiger partial charge in [-0.25, -0.2) is 0 Å². The van der Waals surface area contributed by atoms with Gasteiger partial charge in [0.05, 0.1) is 6.04 Å². The van der Waals surface area contributed by atoms with Crippen molar-refractivity contribution in [2.45, 2.75) is 26.3 Å². The first-order valence-electron chi connectivity index (χ1n) is 7.22. The van der Waals surface area contributed by atoms with E-state index in [4.69, 9.17) is 12.2 Å². The largest absolute Gasteiger partial charge is 0.307 e. The first-order chi connectivity index (χ1) is 9.99. The van der Waals surface area contributed by atoms with Crippen LogP contribution in [0.1, 0.15) is 26.3 Å². The standard InChI is InChI=1S/C15H23N5S/c1-11(2)9-12(10-19(3)4)20-14(17-18-15(20)21)13-7-5-6-8-16-13/h5-8,11-12H,9-10H2,1-4H3,(H,18,21). The molecular formula is C15H23N5S. The van der Waals surface area contributed by atoms with E-state index in [1.165, 1.54) is 0 Å². The molecular weight excluding hydrogens is 282 g/mol. The van der Waals surface area contributed by atoms with Crippen molar-refractivity contribution in [1.82, 2.24) is 24.6 Å². The number of aromatic amines is 1. The van der Waals surface area contributed by atoms with Crippen molar-refractivity contribution in [3.63, 3.8) is 0 Å². The zero-order valence-electron chi connectivity index (χ0n) is 13.1. The second-order valence-electron chi connectivity index (χ2n) is 5.98. The van der Waals surface area contributed by atoms with Crippen LogP contribution in [0.25, 0.3) is 11.5 Å². The summed E-state index contributed by atoms with van der Waals surface area (Å²) in [5, 5.41) is 7.31. The van der Waals surface area contributed by atoms with Crippen molar-refractivity contribution >= 4 is 12.2 Å². The maximum Gasteiger partial charge on any atom is 0.195 e. The summed E-state index contributed by atoms with van der Waals surface area (Å²) >= 11 is 5.45. The number of H-pyrrole nitrogens is 1. The molecule has 1 N–H and O–H groups in total. The molecule has 0 bridgehead atoms. The molecule has 2 heterocycles. The van der Waals surface area contributed by atoms with Gasteiger partial charge in [0.25, 0.3) is 0 Å². The SMILES string of the molecule is CC(C)CC(CN(C)C)n1c(-c2ccccn2)n[nH]c1=S. The molecule has 0 saturated carbocycles. The normalized spacial score (nSPS) is 13.0. The smallest absolute Gasteiger partial charge is 0.195 e. The summed E-state index contributed by atoms with van der Waals surface area (Å²) in [6.07, 6.45) is 2.83. The van der Waals surface area contributed by atoms with E-state index in [1.807, 2.05) is 18.2 Å². The summed E-state index contributed by atoms with van der Waals surface area (Å²) in [6, 6.07) is 6.11. The predicted molar refractivity (Wildman–Crippen MR) is 87.7 cm³/mol. The van der Waals surface area contributed by atoms with Crippen molar-refractivity contribution in [3.8, 4) is 11.5 Å². The molecule has 0 aliphatic rings. The monoisotopic (exact) mass is 305 g/mol. The summed E-state index contributed by atoms with van der Waals surface area (Å²) in [7, 11) is 4.16. The highest BCUT2D eigenvalue weighted by molar-refractivity contribution is 7.71. The van der Waals surface area contributed by atoms with Crippen LogP contribution in [0, 0.1) is 10.7 Å². The van der Waals surface area contributed by atoms with Gasteiger partial charge in [-0.1, -0.05) is 19.9 Å². The minimum Gasteiger partial charge on any atom is -0.307 e. The van der Waals surface area contributed by atoms with Crippen LogP contribution in [0.15, 0.2) is 24.4 Å². The molecule has 0 fully saturated rings. The van der Waals surface area contributed by atoms with Crippen molar-refractivity contribution in [2.75, 3.05) is 20.6 Å². The maximum atomic E-state index is 5.45. The lowest BCUT2D eigenvalue weighted by atomic mass is 10.0. The van der Waals surface area contributed by atoms with Crippen LogP contribution in [-0.2, 0) is 0 Å². The molecule has 0 radical (unpaired) electrons. The molecule has 0 amide bonds. The fourth-order valence-corrected chi connectivity index (χ4v) is 2.83. The van der Waals surface area contributed by atoms with Crippen LogP contribution in [0.5, 0.6) is 0 Å². The minimum atomic E-state index is 0.281. The molecule has 0 aromatic carbocycles. The van der Waals surface area contributed by atoms with E-state index in [0.29, 0.717) is 10.7 Å². The highest BCUT2D eigenvalue weighted by atomic mass is 32.1. The highest BCUT2D eigenvalue weighted by Gasteiger charge is 2.20. The van der Waals surface area contributed by atoms with Gasteiger partial charge >= 0.3 is 0 Å². The van der Waals surface area contributed by atoms with Gasteiger partial charge in [0, 0.05) is 12.7 Å². The Hall–Kier alpha value is -1.53. The molecule has 0 aliphatic heterocycles. The molecule has 2 rings (SSSR count). The Morgan fingerprint density at radius 3 is 2.67 bits per heavy atom. The zero-order chi connectivity index (χ0) is 15.4. The number of hydrogen-bond donors (Lipinski definition) is 1. The van der Waals surface area contributed by atoms with E-state index in [1.54, 1.807) is 6.20 Å². The third-order valence-corrected chi connectivity index (χ3v) is 3.57. The molecule has 0 spiro atoms. The highest BCUT2D eigenvalue weighted by Crippen LogP contribution is 2.24. The van der Waals surface area contributed by atoms with Crippen LogP contribution in [0.3, 0.4) is 0 Å². The summed E-state index contributed by atoms with van der Waals surface area (Å²) in [6.45, 7) is 5.38. The van der Waals surface area contributed by atoms with Gasteiger partial charge in [-0.2, -0.15) is 5.10 Å². The van der Waals surface area contributed by atoms with Crippen LogP contribution >= 0.6 is 12.2 Å². The zero-order valence-corrected chi connectivity index (χ0v) is 13.9. The summed E-state index contributed by atoms with van der Waals surface area (Å²) < 4.78 is 2.76. The average Bonchev–Trinajstić information content (AvgIpc) is 2.80. The second kappa shape index (κ2) is 6.95. The van der Waals surface area contributed by atoms with Gasteiger partial charge in [-0.05, 0) is 50.8 Å². The summed E-state index contributed by atoms with van der Waals surface area (Å²) in [5.74, 6) is 1.40. The van der Waals surface area contributed by atoms with E-state index in [-0.39, 0.29) is 6.04 Å². The van der Waals surface area contributed by atoms with Gasteiger partial charge in [0.2, 0.25) is 0 Å². The first kappa shape index (κ1) is 15.9. The number of aromatic nitrogens is 4. The van der Waals surface area contributed by atoms with Gasteiger partial charge in [0.1, 0.15) is 5.69 Å². The number of nitrogens with one attached hydrogen (secondary N) is 1. The Balaban J connectivity index is 2.45. The molecule has 1 atom stereocenters. The lowest BCUT2D eigenvalue weighted by Crippen LogP contribution is -2.26. The molecule has 6 heteroatoms. The lowest BCUT2D eigenvalue weighted by molar-refractivity contribution is 0.288. The van der Waals surface area contributed by atoms with Crippen LogP contribution in [0.2, 0.25) is 0 Å². The van der Waals surface area contributed by atoms with Crippen LogP contribution < -0.4 is 0 Å². The van der Waals surface area contributed by atoms with Gasteiger partial charge in [-0.3, -0.25) is 14.6 Å². The van der Waals surface area contributed by atoms with Gasteiger partial charge in [-0.15, -0.1) is 0 Å². The van der Waals surface area contributed by atoms with E-state index in [0.717, 1.165) is 24.5 Å². The van der Waals surface area contributed by atoms with E-state index >= 15 is 0 Å². The third kappa shape index (κ3) is 3.98.